The molecule has 0 bridgehead atoms. The van der Waals surface area contributed by atoms with Crippen molar-refractivity contribution in [1.82, 2.24) is 10.6 Å². The summed E-state index contributed by atoms with van der Waals surface area (Å²) in [5.41, 5.74) is 0.749. The number of rotatable bonds is 8. The van der Waals surface area contributed by atoms with E-state index in [-0.39, 0.29) is 18.3 Å². The van der Waals surface area contributed by atoms with E-state index in [9.17, 15) is 9.18 Å². The maximum atomic E-state index is 13.3. The lowest BCUT2D eigenvalue weighted by Gasteiger charge is -2.13. The van der Waals surface area contributed by atoms with Crippen molar-refractivity contribution in [3.05, 3.63) is 29.6 Å². The van der Waals surface area contributed by atoms with Crippen LogP contribution >= 0.6 is 0 Å². The van der Waals surface area contributed by atoms with Crippen LogP contribution in [-0.2, 0) is 11.3 Å². The number of benzene rings is 1. The van der Waals surface area contributed by atoms with Crippen LogP contribution in [0.1, 0.15) is 32.3 Å². The van der Waals surface area contributed by atoms with Crippen LogP contribution in [0.3, 0.4) is 0 Å². The second kappa shape index (κ2) is 7.41. The zero-order valence-corrected chi connectivity index (χ0v) is 12.6. The third kappa shape index (κ3) is 5.71. The molecule has 1 aliphatic carbocycles. The molecule has 1 fully saturated rings. The summed E-state index contributed by atoms with van der Waals surface area (Å²) < 4.78 is 18.9. The molecular weight excluding hydrogens is 271 g/mol. The molecule has 21 heavy (non-hydrogen) atoms. The fourth-order valence-electron chi connectivity index (χ4n) is 1.88. The smallest absolute Gasteiger partial charge is 0.257 e. The quantitative estimate of drug-likeness (QED) is 0.773. The Hall–Kier alpha value is -1.62. The summed E-state index contributed by atoms with van der Waals surface area (Å²) in [5.74, 6) is 0.510. The minimum atomic E-state index is -0.292. The molecule has 1 amide bonds. The lowest BCUT2D eigenvalue weighted by atomic mass is 10.2. The molecule has 2 rings (SSSR count). The van der Waals surface area contributed by atoms with Gasteiger partial charge in [0.2, 0.25) is 0 Å². The molecular formula is C16H23FN2O2. The minimum Gasteiger partial charge on any atom is -0.483 e. The highest BCUT2D eigenvalue weighted by Crippen LogP contribution is 2.23. The van der Waals surface area contributed by atoms with E-state index in [0.29, 0.717) is 30.8 Å². The number of carbonyl (C=O) groups excluding carboxylic acids is 1. The summed E-state index contributed by atoms with van der Waals surface area (Å²) in [6.07, 6.45) is 2.34. The van der Waals surface area contributed by atoms with Gasteiger partial charge in [0, 0.05) is 24.7 Å². The van der Waals surface area contributed by atoms with Crippen LogP contribution in [0.5, 0.6) is 5.75 Å². The molecule has 0 aromatic heterocycles. The Kier molecular flexibility index (Phi) is 5.56. The molecule has 0 unspecified atom stereocenters. The molecule has 0 spiro atoms. The van der Waals surface area contributed by atoms with Gasteiger partial charge in [-0.05, 0) is 37.0 Å². The van der Waals surface area contributed by atoms with Gasteiger partial charge in [-0.2, -0.15) is 0 Å². The monoisotopic (exact) mass is 294 g/mol. The van der Waals surface area contributed by atoms with Gasteiger partial charge in [-0.15, -0.1) is 0 Å². The van der Waals surface area contributed by atoms with Gasteiger partial charge in [0.15, 0.2) is 6.61 Å². The molecule has 0 saturated heterocycles. The molecule has 5 heteroatoms. The van der Waals surface area contributed by atoms with Crippen LogP contribution in [0.15, 0.2) is 18.2 Å². The van der Waals surface area contributed by atoms with E-state index in [1.807, 2.05) is 13.8 Å². The molecule has 1 saturated carbocycles. The molecule has 1 aromatic carbocycles. The second-order valence-corrected chi connectivity index (χ2v) is 5.89. The van der Waals surface area contributed by atoms with Crippen molar-refractivity contribution in [2.75, 3.05) is 13.2 Å². The zero-order valence-electron chi connectivity index (χ0n) is 12.6. The predicted molar refractivity (Wildman–Crippen MR) is 79.6 cm³/mol. The minimum absolute atomic E-state index is 0.0468. The standard InChI is InChI=1S/C16H23FN2O2/c1-11(2)8-19-16(20)10-21-15-6-3-13(17)7-12(15)9-18-14-4-5-14/h3,6-7,11,14,18H,4-5,8-10H2,1-2H3,(H,19,20). The van der Waals surface area contributed by atoms with Crippen LogP contribution < -0.4 is 15.4 Å². The van der Waals surface area contributed by atoms with Crippen LogP contribution in [0.4, 0.5) is 4.39 Å². The van der Waals surface area contributed by atoms with E-state index in [2.05, 4.69) is 10.6 Å². The molecule has 1 aromatic rings. The Morgan fingerprint density at radius 3 is 2.86 bits per heavy atom. The molecule has 116 valence electrons. The fraction of sp³-hybridized carbons (Fsp3) is 0.562. The van der Waals surface area contributed by atoms with E-state index in [4.69, 9.17) is 4.74 Å². The number of halogens is 1. The van der Waals surface area contributed by atoms with Crippen molar-refractivity contribution in [2.45, 2.75) is 39.3 Å². The largest absolute Gasteiger partial charge is 0.483 e. The Bertz CT molecular complexity index is 487. The molecule has 1 aliphatic rings. The van der Waals surface area contributed by atoms with E-state index in [0.717, 1.165) is 5.56 Å². The van der Waals surface area contributed by atoms with E-state index in [1.165, 1.54) is 25.0 Å². The van der Waals surface area contributed by atoms with Gasteiger partial charge < -0.3 is 15.4 Å². The summed E-state index contributed by atoms with van der Waals surface area (Å²) in [5, 5.41) is 6.11. The Morgan fingerprint density at radius 1 is 1.43 bits per heavy atom. The predicted octanol–water partition coefficient (Wildman–Crippen LogP) is 2.23. The molecule has 0 heterocycles. The van der Waals surface area contributed by atoms with Crippen LogP contribution in [0, 0.1) is 11.7 Å². The maximum Gasteiger partial charge on any atom is 0.257 e. The van der Waals surface area contributed by atoms with Gasteiger partial charge in [-0.3, -0.25) is 4.79 Å². The first-order chi connectivity index (χ1) is 10.0. The van der Waals surface area contributed by atoms with Crippen molar-refractivity contribution >= 4 is 5.91 Å². The van der Waals surface area contributed by atoms with Crippen molar-refractivity contribution in [2.24, 2.45) is 5.92 Å². The number of carbonyl (C=O) groups is 1. The molecule has 0 radical (unpaired) electrons. The number of ether oxygens (including phenoxy) is 1. The fourth-order valence-corrected chi connectivity index (χ4v) is 1.88. The van der Waals surface area contributed by atoms with Crippen LogP contribution in [0.2, 0.25) is 0 Å². The zero-order chi connectivity index (χ0) is 15.2. The summed E-state index contributed by atoms with van der Waals surface area (Å²) in [6, 6.07) is 4.92. The molecule has 0 aliphatic heterocycles. The van der Waals surface area contributed by atoms with Crippen molar-refractivity contribution in [1.29, 1.82) is 0 Å². The van der Waals surface area contributed by atoms with Gasteiger partial charge in [-0.25, -0.2) is 4.39 Å². The van der Waals surface area contributed by atoms with Gasteiger partial charge in [0.1, 0.15) is 11.6 Å². The third-order valence-electron chi connectivity index (χ3n) is 3.25. The normalized spacial score (nSPS) is 14.3. The van der Waals surface area contributed by atoms with Crippen molar-refractivity contribution in [3.8, 4) is 5.75 Å². The summed E-state index contributed by atoms with van der Waals surface area (Å²) in [4.78, 5) is 11.6. The highest BCUT2D eigenvalue weighted by Gasteiger charge is 2.20. The average Bonchev–Trinajstić information content (AvgIpc) is 3.26. The van der Waals surface area contributed by atoms with E-state index >= 15 is 0 Å². The summed E-state index contributed by atoms with van der Waals surface area (Å²) in [6.45, 7) is 5.20. The molecule has 0 atom stereocenters. The Labute approximate surface area is 125 Å². The lowest BCUT2D eigenvalue weighted by molar-refractivity contribution is -0.123. The van der Waals surface area contributed by atoms with E-state index < -0.39 is 0 Å². The van der Waals surface area contributed by atoms with Crippen molar-refractivity contribution < 1.29 is 13.9 Å². The Balaban J connectivity index is 1.87. The average molecular weight is 294 g/mol. The Morgan fingerprint density at radius 2 is 2.19 bits per heavy atom. The highest BCUT2D eigenvalue weighted by molar-refractivity contribution is 5.77. The second-order valence-electron chi connectivity index (χ2n) is 5.89. The SMILES string of the molecule is CC(C)CNC(=O)COc1ccc(F)cc1CNC1CC1. The van der Waals surface area contributed by atoms with Crippen LogP contribution in [-0.4, -0.2) is 25.1 Å². The summed E-state index contributed by atoms with van der Waals surface area (Å²) >= 11 is 0. The van der Waals surface area contributed by atoms with Gasteiger partial charge >= 0.3 is 0 Å². The first-order valence-electron chi connectivity index (χ1n) is 7.46. The number of hydrogen-bond donors (Lipinski definition) is 2. The molecule has 2 N–H and O–H groups in total. The van der Waals surface area contributed by atoms with Gasteiger partial charge in [-0.1, -0.05) is 13.8 Å². The first-order valence-corrected chi connectivity index (χ1v) is 7.46. The number of amides is 1. The topological polar surface area (TPSA) is 50.4 Å². The van der Waals surface area contributed by atoms with Crippen LogP contribution in [0.25, 0.3) is 0 Å². The molecule has 4 nitrogen and oxygen atoms in total. The number of hydrogen-bond acceptors (Lipinski definition) is 3. The number of nitrogens with one attached hydrogen (secondary N) is 2. The highest BCUT2D eigenvalue weighted by atomic mass is 19.1. The van der Waals surface area contributed by atoms with Crippen molar-refractivity contribution in [3.63, 3.8) is 0 Å². The third-order valence-corrected chi connectivity index (χ3v) is 3.25. The van der Waals surface area contributed by atoms with Gasteiger partial charge in [0.05, 0.1) is 0 Å². The van der Waals surface area contributed by atoms with Gasteiger partial charge in [0.25, 0.3) is 5.91 Å². The maximum absolute atomic E-state index is 13.3. The van der Waals surface area contributed by atoms with E-state index in [1.54, 1.807) is 6.07 Å². The summed E-state index contributed by atoms with van der Waals surface area (Å²) in [7, 11) is 0. The first kappa shape index (κ1) is 15.8. The lowest BCUT2D eigenvalue weighted by Crippen LogP contribution is -2.32.